The average Bonchev–Trinajstić information content (AvgIpc) is 2.89. The Balaban J connectivity index is 2.11. The number of rotatable bonds is 4. The molecule has 5 heteroatoms. The van der Waals surface area contributed by atoms with Crippen molar-refractivity contribution in [3.8, 4) is 11.3 Å². The molecule has 0 saturated carbocycles. The van der Waals surface area contributed by atoms with Gasteiger partial charge >= 0.3 is 0 Å². The fraction of sp³-hybridized carbons (Fsp3) is 0.105. The highest BCUT2D eigenvalue weighted by atomic mass is 35.5. The lowest BCUT2D eigenvalue weighted by Gasteiger charge is -2.13. The summed E-state index contributed by atoms with van der Waals surface area (Å²) in [5.41, 5.74) is 9.83. The van der Waals surface area contributed by atoms with E-state index in [2.05, 4.69) is 4.57 Å². The summed E-state index contributed by atoms with van der Waals surface area (Å²) >= 11 is 12.1. The number of carbonyl (C=O) groups excluding carboxylic acids is 1. The van der Waals surface area contributed by atoms with E-state index in [0.717, 1.165) is 22.5 Å². The van der Waals surface area contributed by atoms with E-state index >= 15 is 0 Å². The first kappa shape index (κ1) is 16.6. The molecule has 0 unspecified atom stereocenters. The number of hydrogen-bond acceptors (Lipinski definition) is 1. The van der Waals surface area contributed by atoms with Crippen molar-refractivity contribution >= 4 is 29.1 Å². The predicted octanol–water partition coefficient (Wildman–Crippen LogP) is 4.92. The number of amides is 1. The minimum atomic E-state index is -0.433. The van der Waals surface area contributed by atoms with Crippen LogP contribution in [0.3, 0.4) is 0 Å². The highest BCUT2D eigenvalue weighted by Gasteiger charge is 2.17. The first-order valence-corrected chi connectivity index (χ1v) is 8.22. The molecule has 0 aliphatic heterocycles. The monoisotopic (exact) mass is 358 g/mol. The van der Waals surface area contributed by atoms with Gasteiger partial charge in [-0.1, -0.05) is 59.6 Å². The molecule has 0 atom stereocenters. The van der Waals surface area contributed by atoms with Gasteiger partial charge in [0.05, 0.1) is 15.6 Å². The second kappa shape index (κ2) is 6.71. The summed E-state index contributed by atoms with van der Waals surface area (Å²) in [5.74, 6) is -0.433. The van der Waals surface area contributed by atoms with Gasteiger partial charge in [0.1, 0.15) is 0 Å². The fourth-order valence-corrected chi connectivity index (χ4v) is 3.09. The Morgan fingerprint density at radius 3 is 2.38 bits per heavy atom. The van der Waals surface area contributed by atoms with Crippen molar-refractivity contribution in [2.45, 2.75) is 13.5 Å². The van der Waals surface area contributed by atoms with Gasteiger partial charge in [-0.05, 0) is 36.2 Å². The Morgan fingerprint density at radius 1 is 1.04 bits per heavy atom. The maximum Gasteiger partial charge on any atom is 0.250 e. The van der Waals surface area contributed by atoms with Crippen LogP contribution in [-0.4, -0.2) is 10.5 Å². The van der Waals surface area contributed by atoms with E-state index < -0.39 is 5.91 Å². The molecule has 24 heavy (non-hydrogen) atoms. The van der Waals surface area contributed by atoms with Crippen LogP contribution in [0.25, 0.3) is 11.3 Å². The normalized spacial score (nSPS) is 10.8. The Hall–Kier alpha value is -2.23. The van der Waals surface area contributed by atoms with Crippen molar-refractivity contribution in [2.75, 3.05) is 0 Å². The zero-order valence-electron chi connectivity index (χ0n) is 13.1. The van der Waals surface area contributed by atoms with Crippen LogP contribution >= 0.6 is 23.2 Å². The number of primary amides is 1. The molecule has 0 saturated heterocycles. The molecule has 1 heterocycles. The second-order valence-electron chi connectivity index (χ2n) is 5.59. The van der Waals surface area contributed by atoms with Crippen LogP contribution in [0.4, 0.5) is 0 Å². The van der Waals surface area contributed by atoms with Crippen molar-refractivity contribution in [1.29, 1.82) is 0 Å². The molecule has 0 radical (unpaired) electrons. The van der Waals surface area contributed by atoms with Crippen LogP contribution in [0.15, 0.2) is 54.6 Å². The highest BCUT2D eigenvalue weighted by molar-refractivity contribution is 6.42. The topological polar surface area (TPSA) is 48.0 Å². The smallest absolute Gasteiger partial charge is 0.250 e. The van der Waals surface area contributed by atoms with Gasteiger partial charge in [-0.2, -0.15) is 0 Å². The van der Waals surface area contributed by atoms with E-state index in [1.165, 1.54) is 0 Å². The predicted molar refractivity (Wildman–Crippen MR) is 98.7 cm³/mol. The largest absolute Gasteiger partial charge is 0.366 e. The maximum atomic E-state index is 11.7. The van der Waals surface area contributed by atoms with Gasteiger partial charge in [0.2, 0.25) is 0 Å². The van der Waals surface area contributed by atoms with E-state index in [1.807, 2.05) is 55.5 Å². The molecule has 0 aliphatic carbocycles. The van der Waals surface area contributed by atoms with E-state index in [-0.39, 0.29) is 0 Å². The third-order valence-electron chi connectivity index (χ3n) is 4.03. The number of nitrogens with zero attached hydrogens (tertiary/aromatic N) is 1. The first-order valence-electron chi connectivity index (χ1n) is 7.46. The molecular weight excluding hydrogens is 343 g/mol. The van der Waals surface area contributed by atoms with Crippen molar-refractivity contribution < 1.29 is 4.79 Å². The Kier molecular flexibility index (Phi) is 4.65. The van der Waals surface area contributed by atoms with E-state index in [0.29, 0.717) is 22.2 Å². The summed E-state index contributed by atoms with van der Waals surface area (Å²) in [6, 6.07) is 17.3. The lowest BCUT2D eigenvalue weighted by Crippen LogP contribution is -2.12. The molecule has 2 N–H and O–H groups in total. The molecule has 1 amide bonds. The standard InChI is InChI=1S/C19H16Cl2N2O/c1-12-15(19(22)24)10-18(14-5-3-2-4-6-14)23(12)11-13-7-8-16(20)17(21)9-13/h2-10H,11H2,1H3,(H2,22,24). The molecule has 3 rings (SSSR count). The highest BCUT2D eigenvalue weighted by Crippen LogP contribution is 2.28. The summed E-state index contributed by atoms with van der Waals surface area (Å²) in [6.45, 7) is 2.46. The molecule has 3 aromatic rings. The summed E-state index contributed by atoms with van der Waals surface area (Å²) in [5, 5.41) is 1.03. The summed E-state index contributed by atoms with van der Waals surface area (Å²) < 4.78 is 2.06. The second-order valence-corrected chi connectivity index (χ2v) is 6.41. The zero-order valence-corrected chi connectivity index (χ0v) is 14.6. The average molecular weight is 359 g/mol. The van der Waals surface area contributed by atoms with Crippen LogP contribution in [0.2, 0.25) is 10.0 Å². The fourth-order valence-electron chi connectivity index (χ4n) is 2.77. The number of hydrogen-bond donors (Lipinski definition) is 1. The Bertz CT molecular complexity index is 901. The molecule has 1 aromatic heterocycles. The third-order valence-corrected chi connectivity index (χ3v) is 4.77. The molecule has 2 aromatic carbocycles. The van der Waals surface area contributed by atoms with Crippen molar-refractivity contribution in [1.82, 2.24) is 4.57 Å². The molecule has 0 aliphatic rings. The summed E-state index contributed by atoms with van der Waals surface area (Å²) in [6.07, 6.45) is 0. The van der Waals surface area contributed by atoms with Crippen LogP contribution in [-0.2, 0) is 6.54 Å². The number of aromatic nitrogens is 1. The van der Waals surface area contributed by atoms with E-state index in [9.17, 15) is 4.79 Å². The van der Waals surface area contributed by atoms with Gasteiger partial charge in [0.25, 0.3) is 5.91 Å². The lowest BCUT2D eigenvalue weighted by molar-refractivity contribution is 0.0999. The maximum absolute atomic E-state index is 11.7. The molecule has 3 nitrogen and oxygen atoms in total. The summed E-state index contributed by atoms with van der Waals surface area (Å²) in [7, 11) is 0. The van der Waals surface area contributed by atoms with Crippen molar-refractivity contribution in [2.24, 2.45) is 5.73 Å². The minimum absolute atomic E-state index is 0.433. The van der Waals surface area contributed by atoms with E-state index in [1.54, 1.807) is 6.07 Å². The van der Waals surface area contributed by atoms with Crippen LogP contribution in [0, 0.1) is 6.92 Å². The molecular formula is C19H16Cl2N2O. The van der Waals surface area contributed by atoms with Gasteiger partial charge in [0, 0.05) is 17.9 Å². The summed E-state index contributed by atoms with van der Waals surface area (Å²) in [4.78, 5) is 11.7. The van der Waals surface area contributed by atoms with Crippen molar-refractivity contribution in [3.63, 3.8) is 0 Å². The van der Waals surface area contributed by atoms with E-state index in [4.69, 9.17) is 28.9 Å². The van der Waals surface area contributed by atoms with Crippen LogP contribution < -0.4 is 5.73 Å². The first-order chi connectivity index (χ1) is 11.5. The van der Waals surface area contributed by atoms with Gasteiger partial charge in [0.15, 0.2) is 0 Å². The van der Waals surface area contributed by atoms with Gasteiger partial charge in [-0.3, -0.25) is 4.79 Å². The Labute approximate surface area is 150 Å². The van der Waals surface area contributed by atoms with Gasteiger partial charge in [-0.25, -0.2) is 0 Å². The zero-order chi connectivity index (χ0) is 17.3. The molecule has 0 spiro atoms. The minimum Gasteiger partial charge on any atom is -0.366 e. The number of halogens is 2. The van der Waals surface area contributed by atoms with Gasteiger partial charge in [-0.15, -0.1) is 0 Å². The molecule has 0 fully saturated rings. The van der Waals surface area contributed by atoms with Gasteiger partial charge < -0.3 is 10.3 Å². The molecule has 122 valence electrons. The Morgan fingerprint density at radius 2 is 1.75 bits per heavy atom. The molecule has 0 bridgehead atoms. The third kappa shape index (κ3) is 3.18. The quantitative estimate of drug-likeness (QED) is 0.706. The van der Waals surface area contributed by atoms with Crippen LogP contribution in [0.1, 0.15) is 21.6 Å². The SMILES string of the molecule is Cc1c(C(N)=O)cc(-c2ccccc2)n1Cc1ccc(Cl)c(Cl)c1. The number of nitrogens with two attached hydrogens (primary N) is 1. The number of carbonyl (C=O) groups is 1. The lowest BCUT2D eigenvalue weighted by atomic mass is 10.1. The number of benzene rings is 2. The van der Waals surface area contributed by atoms with Crippen LogP contribution in [0.5, 0.6) is 0 Å². The van der Waals surface area contributed by atoms with Crippen molar-refractivity contribution in [3.05, 3.63) is 81.5 Å².